The van der Waals surface area contributed by atoms with E-state index in [-0.39, 0.29) is 5.91 Å². The lowest BCUT2D eigenvalue weighted by Gasteiger charge is -2.10. The van der Waals surface area contributed by atoms with Crippen molar-refractivity contribution in [1.82, 2.24) is 29.6 Å². The van der Waals surface area contributed by atoms with Gasteiger partial charge in [0.2, 0.25) is 0 Å². The fourth-order valence-corrected chi connectivity index (χ4v) is 2.83. The first-order valence-electron chi connectivity index (χ1n) is 8.47. The van der Waals surface area contributed by atoms with Crippen molar-refractivity contribution < 1.29 is 9.53 Å². The van der Waals surface area contributed by atoms with Gasteiger partial charge in [0.05, 0.1) is 25.1 Å². The lowest BCUT2D eigenvalue weighted by molar-refractivity contribution is 0.0953. The van der Waals surface area contributed by atoms with Gasteiger partial charge in [-0.1, -0.05) is 0 Å². The highest BCUT2D eigenvalue weighted by Crippen LogP contribution is 2.29. The van der Waals surface area contributed by atoms with Gasteiger partial charge in [0.1, 0.15) is 11.3 Å². The maximum atomic E-state index is 12.5. The van der Waals surface area contributed by atoms with Crippen molar-refractivity contribution in [2.75, 3.05) is 34.3 Å². The minimum atomic E-state index is -0.147. The smallest absolute Gasteiger partial charge is 0.255 e. The second kappa shape index (κ2) is 7.57. The third-order valence-electron chi connectivity index (χ3n) is 4.15. The predicted molar refractivity (Wildman–Crippen MR) is 99.5 cm³/mol. The molecule has 0 aliphatic carbocycles. The van der Waals surface area contributed by atoms with Crippen molar-refractivity contribution in [3.05, 3.63) is 36.4 Å². The van der Waals surface area contributed by atoms with Crippen LogP contribution in [0.4, 0.5) is 0 Å². The van der Waals surface area contributed by atoms with Gasteiger partial charge in [-0.3, -0.25) is 9.48 Å². The van der Waals surface area contributed by atoms with Crippen LogP contribution in [0.1, 0.15) is 16.8 Å². The molecular weight excluding hydrogens is 332 g/mol. The third-order valence-corrected chi connectivity index (χ3v) is 4.15. The molecule has 3 aromatic heterocycles. The molecule has 3 rings (SSSR count). The highest BCUT2D eigenvalue weighted by molar-refractivity contribution is 6.02. The van der Waals surface area contributed by atoms with E-state index in [2.05, 4.69) is 20.4 Å². The standard InChI is InChI=1S/C18H24N6O2/c1-22(2)7-5-6-19-18(25)15-10-21-24-12-13(8-16(26-4)17(15)24)14-9-20-23(3)11-14/h8-12H,5-7H2,1-4H3,(H,19,25). The van der Waals surface area contributed by atoms with E-state index in [4.69, 9.17) is 4.74 Å². The summed E-state index contributed by atoms with van der Waals surface area (Å²) in [5.41, 5.74) is 3.04. The number of aryl methyl sites for hydroxylation is 1. The van der Waals surface area contributed by atoms with E-state index in [1.54, 1.807) is 28.7 Å². The van der Waals surface area contributed by atoms with Gasteiger partial charge in [-0.2, -0.15) is 10.2 Å². The van der Waals surface area contributed by atoms with Gasteiger partial charge in [0.15, 0.2) is 0 Å². The van der Waals surface area contributed by atoms with Crippen LogP contribution in [0.5, 0.6) is 5.75 Å². The number of pyridine rings is 1. The predicted octanol–water partition coefficient (Wildman–Crippen LogP) is 1.42. The zero-order valence-electron chi connectivity index (χ0n) is 15.6. The van der Waals surface area contributed by atoms with Gasteiger partial charge < -0.3 is 15.0 Å². The van der Waals surface area contributed by atoms with E-state index in [0.717, 1.165) is 24.1 Å². The Hall–Kier alpha value is -2.87. The van der Waals surface area contributed by atoms with Crippen molar-refractivity contribution in [3.63, 3.8) is 0 Å². The van der Waals surface area contributed by atoms with Crippen LogP contribution in [0.3, 0.4) is 0 Å². The van der Waals surface area contributed by atoms with E-state index in [1.807, 2.05) is 39.6 Å². The zero-order valence-corrected chi connectivity index (χ0v) is 15.6. The van der Waals surface area contributed by atoms with Crippen LogP contribution < -0.4 is 10.1 Å². The molecule has 0 radical (unpaired) electrons. The number of nitrogens with zero attached hydrogens (tertiary/aromatic N) is 5. The van der Waals surface area contributed by atoms with Crippen molar-refractivity contribution in [2.45, 2.75) is 6.42 Å². The number of aromatic nitrogens is 4. The molecular formula is C18H24N6O2. The van der Waals surface area contributed by atoms with Crippen molar-refractivity contribution >= 4 is 11.4 Å². The van der Waals surface area contributed by atoms with Gasteiger partial charge in [-0.15, -0.1) is 0 Å². The molecule has 0 bridgehead atoms. The Morgan fingerprint density at radius 3 is 2.69 bits per heavy atom. The molecule has 0 spiro atoms. The molecule has 8 nitrogen and oxygen atoms in total. The van der Waals surface area contributed by atoms with Crippen LogP contribution >= 0.6 is 0 Å². The molecule has 0 saturated heterocycles. The Bertz CT molecular complexity index is 912. The summed E-state index contributed by atoms with van der Waals surface area (Å²) in [4.78, 5) is 14.6. The number of rotatable bonds is 7. The quantitative estimate of drug-likeness (QED) is 0.648. The maximum Gasteiger partial charge on any atom is 0.255 e. The van der Waals surface area contributed by atoms with Gasteiger partial charge >= 0.3 is 0 Å². The van der Waals surface area contributed by atoms with E-state index in [9.17, 15) is 4.79 Å². The summed E-state index contributed by atoms with van der Waals surface area (Å²) in [6.07, 6.45) is 8.04. The lowest BCUT2D eigenvalue weighted by Crippen LogP contribution is -2.27. The highest BCUT2D eigenvalue weighted by Gasteiger charge is 2.18. The first kappa shape index (κ1) is 17.9. The third kappa shape index (κ3) is 3.70. The lowest BCUT2D eigenvalue weighted by atomic mass is 10.1. The number of methoxy groups -OCH3 is 1. The summed E-state index contributed by atoms with van der Waals surface area (Å²) < 4.78 is 8.94. The summed E-state index contributed by atoms with van der Waals surface area (Å²) in [6, 6.07) is 1.90. The van der Waals surface area contributed by atoms with Crippen molar-refractivity contribution in [3.8, 4) is 16.9 Å². The van der Waals surface area contributed by atoms with Gasteiger partial charge in [0.25, 0.3) is 5.91 Å². The summed E-state index contributed by atoms with van der Waals surface area (Å²) >= 11 is 0. The molecule has 3 aromatic rings. The Morgan fingerprint density at radius 1 is 1.23 bits per heavy atom. The second-order valence-corrected chi connectivity index (χ2v) is 6.46. The van der Waals surface area contributed by atoms with E-state index >= 15 is 0 Å². The summed E-state index contributed by atoms with van der Waals surface area (Å²) in [5, 5.41) is 11.5. The van der Waals surface area contributed by atoms with Gasteiger partial charge in [0, 0.05) is 37.1 Å². The Kier molecular flexibility index (Phi) is 5.22. The average Bonchev–Trinajstić information content (AvgIpc) is 3.23. The molecule has 0 fully saturated rings. The number of carbonyl (C=O) groups is 1. The molecule has 0 unspecified atom stereocenters. The molecule has 138 valence electrons. The topological polar surface area (TPSA) is 76.7 Å². The van der Waals surface area contributed by atoms with Crippen LogP contribution in [-0.2, 0) is 7.05 Å². The van der Waals surface area contributed by atoms with Crippen LogP contribution in [-0.4, -0.2) is 64.5 Å². The van der Waals surface area contributed by atoms with E-state index in [1.165, 1.54) is 0 Å². The number of ether oxygens (including phenoxy) is 1. The normalized spacial score (nSPS) is 11.3. The molecule has 0 saturated carbocycles. The number of carbonyl (C=O) groups excluding carboxylic acids is 1. The van der Waals surface area contributed by atoms with E-state index in [0.29, 0.717) is 23.4 Å². The Labute approximate surface area is 152 Å². The molecule has 1 amide bonds. The number of amides is 1. The number of hydrogen-bond donors (Lipinski definition) is 1. The molecule has 0 atom stereocenters. The minimum Gasteiger partial charge on any atom is -0.494 e. The van der Waals surface area contributed by atoms with Crippen molar-refractivity contribution in [1.29, 1.82) is 0 Å². The second-order valence-electron chi connectivity index (χ2n) is 6.46. The SMILES string of the molecule is COc1cc(-c2cnn(C)c2)cn2ncc(C(=O)NCCCN(C)C)c12. The molecule has 3 heterocycles. The molecule has 8 heteroatoms. The summed E-state index contributed by atoms with van der Waals surface area (Å²) in [6.45, 7) is 1.54. The highest BCUT2D eigenvalue weighted by atomic mass is 16.5. The number of hydrogen-bond acceptors (Lipinski definition) is 5. The van der Waals surface area contributed by atoms with Crippen LogP contribution in [0.2, 0.25) is 0 Å². The maximum absolute atomic E-state index is 12.5. The average molecular weight is 356 g/mol. The molecule has 26 heavy (non-hydrogen) atoms. The fraction of sp³-hybridized carbons (Fsp3) is 0.389. The zero-order chi connectivity index (χ0) is 18.7. The minimum absolute atomic E-state index is 0.147. The van der Waals surface area contributed by atoms with Crippen LogP contribution in [0, 0.1) is 0 Å². The molecule has 0 aliphatic rings. The van der Waals surface area contributed by atoms with Crippen LogP contribution in [0.15, 0.2) is 30.9 Å². The number of nitrogens with one attached hydrogen (secondary N) is 1. The Balaban J connectivity index is 1.87. The first-order valence-corrected chi connectivity index (χ1v) is 8.47. The van der Waals surface area contributed by atoms with Crippen molar-refractivity contribution in [2.24, 2.45) is 7.05 Å². The molecule has 1 N–H and O–H groups in total. The van der Waals surface area contributed by atoms with Crippen LogP contribution in [0.25, 0.3) is 16.6 Å². The largest absolute Gasteiger partial charge is 0.494 e. The van der Waals surface area contributed by atoms with Gasteiger partial charge in [-0.25, -0.2) is 4.52 Å². The monoisotopic (exact) mass is 356 g/mol. The number of fused-ring (bicyclic) bond motifs is 1. The molecule has 0 aromatic carbocycles. The summed E-state index contributed by atoms with van der Waals surface area (Å²) in [5.74, 6) is 0.452. The fourth-order valence-electron chi connectivity index (χ4n) is 2.83. The molecule has 0 aliphatic heterocycles. The van der Waals surface area contributed by atoms with E-state index < -0.39 is 0 Å². The van der Waals surface area contributed by atoms with Gasteiger partial charge in [-0.05, 0) is 33.1 Å². The first-order chi connectivity index (χ1) is 12.5. The summed E-state index contributed by atoms with van der Waals surface area (Å²) in [7, 11) is 7.48. The Morgan fingerprint density at radius 2 is 2.04 bits per heavy atom.